The highest BCUT2D eigenvalue weighted by Gasteiger charge is 2.59. The first kappa shape index (κ1) is 28.3. The molecule has 2 spiro atoms. The van der Waals surface area contributed by atoms with E-state index in [0.29, 0.717) is 63.2 Å². The molecule has 0 saturated carbocycles. The molecule has 6 aliphatic heterocycles. The number of carbonyl (C=O) groups is 1. The van der Waals surface area contributed by atoms with Crippen LogP contribution in [0.2, 0.25) is 0 Å². The Balaban J connectivity index is 1.03. The molecule has 0 radical (unpaired) electrons. The first-order valence-corrected chi connectivity index (χ1v) is 16.1. The van der Waals surface area contributed by atoms with Gasteiger partial charge in [0.15, 0.2) is 5.60 Å². The maximum atomic E-state index is 14.6. The van der Waals surface area contributed by atoms with Crippen molar-refractivity contribution in [3.63, 3.8) is 0 Å². The third kappa shape index (κ3) is 4.22. The zero-order chi connectivity index (χ0) is 30.2. The number of carbonyl (C=O) groups excluding carboxylic acids is 1. The number of nitrogens with zero attached hydrogens (tertiary/aromatic N) is 6. The summed E-state index contributed by atoms with van der Waals surface area (Å²) in [5.74, 6) is 0.621. The van der Waals surface area contributed by atoms with Gasteiger partial charge in [-0.05, 0) is 56.7 Å². The summed E-state index contributed by atoms with van der Waals surface area (Å²) in [5.41, 5.74) is 4.04. The van der Waals surface area contributed by atoms with E-state index in [2.05, 4.69) is 45.3 Å². The highest BCUT2D eigenvalue weighted by atomic mass is 19.3. The van der Waals surface area contributed by atoms with Gasteiger partial charge in [0.05, 0.1) is 18.9 Å². The number of fused-ring (bicyclic) bond motifs is 6. The van der Waals surface area contributed by atoms with Crippen LogP contribution in [0.15, 0.2) is 31.0 Å². The number of anilines is 2. The smallest absolute Gasteiger partial charge is 0.280 e. The molecule has 0 aliphatic carbocycles. The van der Waals surface area contributed by atoms with E-state index in [-0.39, 0.29) is 17.6 Å². The SMILES string of the molecule is C=CC(=O)N1CCN([C@@H]2CN3c4cc(N5CCC6(CC5)OC5(COC5)c5nccc(C)c56)nc(C(F)F)c4CCC[C@@H]23)CC1. The van der Waals surface area contributed by atoms with E-state index in [4.69, 9.17) is 14.5 Å². The Kier molecular flexibility index (Phi) is 6.73. The number of hydrogen-bond donors (Lipinski definition) is 0. The van der Waals surface area contributed by atoms with Crippen molar-refractivity contribution in [3.8, 4) is 0 Å². The molecular weight excluding hydrogens is 566 g/mol. The van der Waals surface area contributed by atoms with E-state index in [1.165, 1.54) is 17.2 Å². The van der Waals surface area contributed by atoms with Crippen molar-refractivity contribution in [3.05, 3.63) is 59.1 Å². The Hall–Kier alpha value is -3.15. The van der Waals surface area contributed by atoms with Gasteiger partial charge in [0, 0.05) is 87.0 Å². The van der Waals surface area contributed by atoms with E-state index in [1.807, 2.05) is 11.1 Å². The van der Waals surface area contributed by atoms with Crippen molar-refractivity contribution in [2.24, 2.45) is 0 Å². The number of aryl methyl sites for hydroxylation is 1. The second kappa shape index (κ2) is 10.5. The minimum absolute atomic E-state index is 0.0152. The fraction of sp³-hybridized carbons (Fsp3) is 0.606. The Morgan fingerprint density at radius 3 is 2.57 bits per heavy atom. The van der Waals surface area contributed by atoms with Gasteiger partial charge in [0.25, 0.3) is 6.43 Å². The zero-order valence-corrected chi connectivity index (χ0v) is 25.3. The van der Waals surface area contributed by atoms with Crippen LogP contribution in [-0.2, 0) is 31.9 Å². The van der Waals surface area contributed by atoms with Crippen molar-refractivity contribution >= 4 is 17.4 Å². The minimum atomic E-state index is -2.62. The molecule has 2 aromatic rings. The molecule has 234 valence electrons. The normalized spacial score (nSPS) is 27.0. The second-order valence-corrected chi connectivity index (χ2v) is 13.3. The second-order valence-electron chi connectivity index (χ2n) is 13.3. The lowest BCUT2D eigenvalue weighted by Gasteiger charge is -2.55. The third-order valence-corrected chi connectivity index (χ3v) is 11.1. The number of piperazine rings is 1. The van der Waals surface area contributed by atoms with Crippen LogP contribution in [0.1, 0.15) is 60.2 Å². The Labute approximate surface area is 256 Å². The Bertz CT molecular complexity index is 1480. The molecule has 4 saturated heterocycles. The summed E-state index contributed by atoms with van der Waals surface area (Å²) >= 11 is 0. The number of hydrogen-bond acceptors (Lipinski definition) is 8. The van der Waals surface area contributed by atoms with Crippen molar-refractivity contribution in [1.29, 1.82) is 0 Å². The van der Waals surface area contributed by atoms with Crippen LogP contribution in [0, 0.1) is 6.92 Å². The number of pyridine rings is 2. The lowest BCUT2D eigenvalue weighted by molar-refractivity contribution is -0.260. The average Bonchev–Trinajstić information content (AvgIpc) is 3.22. The van der Waals surface area contributed by atoms with E-state index in [9.17, 15) is 13.6 Å². The summed E-state index contributed by atoms with van der Waals surface area (Å²) in [7, 11) is 0. The van der Waals surface area contributed by atoms with Crippen molar-refractivity contribution in [1.82, 2.24) is 19.8 Å². The summed E-state index contributed by atoms with van der Waals surface area (Å²) < 4.78 is 41.6. The molecule has 9 nitrogen and oxygen atoms in total. The largest absolute Gasteiger partial charge is 0.374 e. The monoisotopic (exact) mass is 606 g/mol. The van der Waals surface area contributed by atoms with Gasteiger partial charge >= 0.3 is 0 Å². The maximum absolute atomic E-state index is 14.6. The van der Waals surface area contributed by atoms with Gasteiger partial charge in [-0.2, -0.15) is 0 Å². The van der Waals surface area contributed by atoms with Gasteiger partial charge in [0.2, 0.25) is 5.91 Å². The van der Waals surface area contributed by atoms with Crippen molar-refractivity contribution in [2.45, 2.75) is 68.7 Å². The number of halogens is 2. The highest BCUT2D eigenvalue weighted by Crippen LogP contribution is 2.55. The molecule has 0 bridgehead atoms. The summed E-state index contributed by atoms with van der Waals surface area (Å²) in [4.78, 5) is 30.3. The summed E-state index contributed by atoms with van der Waals surface area (Å²) in [6.45, 7) is 12.0. The molecule has 0 aromatic carbocycles. The fourth-order valence-electron chi connectivity index (χ4n) is 8.71. The fourth-order valence-corrected chi connectivity index (χ4v) is 8.71. The van der Waals surface area contributed by atoms with E-state index in [0.717, 1.165) is 56.7 Å². The summed E-state index contributed by atoms with van der Waals surface area (Å²) in [6, 6.07) is 4.77. The van der Waals surface area contributed by atoms with Crippen LogP contribution in [0.25, 0.3) is 0 Å². The number of rotatable bonds is 4. The van der Waals surface area contributed by atoms with Crippen LogP contribution < -0.4 is 9.80 Å². The van der Waals surface area contributed by atoms with Crippen LogP contribution in [0.3, 0.4) is 0 Å². The topological polar surface area (TPSA) is 74.3 Å². The molecule has 6 aliphatic rings. The third-order valence-electron chi connectivity index (χ3n) is 11.1. The first-order valence-electron chi connectivity index (χ1n) is 16.1. The van der Waals surface area contributed by atoms with Gasteiger partial charge in [0.1, 0.15) is 17.1 Å². The van der Waals surface area contributed by atoms with Gasteiger partial charge in [-0.15, -0.1) is 0 Å². The molecular formula is C33H40F2N6O3. The quantitative estimate of drug-likeness (QED) is 0.488. The van der Waals surface area contributed by atoms with Crippen LogP contribution >= 0.6 is 0 Å². The zero-order valence-electron chi connectivity index (χ0n) is 25.3. The first-order chi connectivity index (χ1) is 21.3. The number of piperidine rings is 1. The molecule has 0 unspecified atom stereocenters. The molecule has 8 heterocycles. The molecule has 4 fully saturated rings. The van der Waals surface area contributed by atoms with Gasteiger partial charge in [-0.3, -0.25) is 14.7 Å². The number of amides is 1. The van der Waals surface area contributed by atoms with Gasteiger partial charge < -0.3 is 24.2 Å². The molecule has 44 heavy (non-hydrogen) atoms. The van der Waals surface area contributed by atoms with Crippen LogP contribution in [-0.4, -0.2) is 96.8 Å². The molecule has 2 aromatic heterocycles. The summed E-state index contributed by atoms with van der Waals surface area (Å²) in [5, 5.41) is 0. The van der Waals surface area contributed by atoms with E-state index >= 15 is 0 Å². The standard InChI is InChI=1S/C33H40F2N6O3/c1-3-27(42)40-15-13-38(14-16-40)25-18-41-23(25)6-4-5-22-24(41)17-26(37-29(22)31(34)35)39-11-8-32(9-12-39)28-21(2)7-10-36-30(28)33(44-32)19-43-20-33/h3,7,10,17,23,25,31H,1,4-6,8-9,11-16,18-20H2,2H3/t23-,25+/m0/s1. The van der Waals surface area contributed by atoms with E-state index in [1.54, 1.807) is 0 Å². The van der Waals surface area contributed by atoms with Crippen molar-refractivity contribution < 1.29 is 23.0 Å². The van der Waals surface area contributed by atoms with Gasteiger partial charge in [-0.25, -0.2) is 13.8 Å². The van der Waals surface area contributed by atoms with Crippen LogP contribution in [0.4, 0.5) is 20.3 Å². The molecule has 8 rings (SSSR count). The highest BCUT2D eigenvalue weighted by molar-refractivity contribution is 5.87. The van der Waals surface area contributed by atoms with Crippen molar-refractivity contribution in [2.75, 3.05) is 68.8 Å². The predicted molar refractivity (Wildman–Crippen MR) is 161 cm³/mol. The average molecular weight is 607 g/mol. The molecule has 1 amide bonds. The lowest BCUT2D eigenvalue weighted by Crippen LogP contribution is -2.69. The molecule has 11 heteroatoms. The molecule has 0 N–H and O–H groups in total. The number of alkyl halides is 2. The number of aromatic nitrogens is 2. The predicted octanol–water partition coefficient (Wildman–Crippen LogP) is 3.70. The number of ether oxygens (including phenoxy) is 2. The van der Waals surface area contributed by atoms with Gasteiger partial charge in [-0.1, -0.05) is 6.58 Å². The lowest BCUT2D eigenvalue weighted by atomic mass is 9.81. The van der Waals surface area contributed by atoms with E-state index < -0.39 is 17.6 Å². The van der Waals surface area contributed by atoms with Crippen LogP contribution in [0.5, 0.6) is 0 Å². The maximum Gasteiger partial charge on any atom is 0.280 e. The Morgan fingerprint density at radius 2 is 1.89 bits per heavy atom. The Morgan fingerprint density at radius 1 is 1.11 bits per heavy atom. The molecule has 2 atom stereocenters. The minimum Gasteiger partial charge on any atom is -0.374 e. The summed E-state index contributed by atoms with van der Waals surface area (Å²) in [6.07, 6.45) is 4.54.